The van der Waals surface area contributed by atoms with E-state index in [0.29, 0.717) is 0 Å². The fraction of sp³-hybridized carbons (Fsp3) is 1.00. The Morgan fingerprint density at radius 3 is 0.336 bits per heavy atom. The van der Waals surface area contributed by atoms with Crippen molar-refractivity contribution in [2.24, 2.45) is 0 Å². The fourth-order valence-corrected chi connectivity index (χ4v) is 16.1. The molecule has 42 heteroatoms. The van der Waals surface area contributed by atoms with Crippen molar-refractivity contribution >= 4 is 0 Å². The van der Waals surface area contributed by atoms with Gasteiger partial charge >= 0.3 is 0 Å². The number of rotatable bonds is 49. The summed E-state index contributed by atoms with van der Waals surface area (Å²) in [4.78, 5) is 0. The Balaban J connectivity index is 1.31. The van der Waals surface area contributed by atoms with E-state index in [0.717, 1.165) is 0 Å². The molecule has 21 rings (SSSR count). The van der Waals surface area contributed by atoms with Gasteiger partial charge in [-0.2, -0.15) is 0 Å². The van der Waals surface area contributed by atoms with Crippen molar-refractivity contribution in [3.63, 3.8) is 0 Å². The molecule has 0 amide bonds. The van der Waals surface area contributed by atoms with Gasteiger partial charge in [-0.05, 0) is 0 Å². The summed E-state index contributed by atoms with van der Waals surface area (Å²) in [5, 5.41) is 0. The molecule has 0 N–H and O–H groups in total. The van der Waals surface area contributed by atoms with Crippen LogP contribution in [0.2, 0.25) is 0 Å². The van der Waals surface area contributed by atoms with Crippen molar-refractivity contribution in [1.82, 2.24) is 0 Å². The molecule has 21 saturated heterocycles. The summed E-state index contributed by atoms with van der Waals surface area (Å²) in [6, 6.07) is 0. The van der Waals surface area contributed by atoms with E-state index in [-0.39, 0.29) is 139 Å². The topological polar surface area (TPSA) is 388 Å². The van der Waals surface area contributed by atoms with Crippen molar-refractivity contribution in [2.45, 2.75) is 215 Å². The highest BCUT2D eigenvalue weighted by molar-refractivity contribution is 5.05. The molecule has 21 fully saturated rings. The molecule has 14 bridgehead atoms. The first kappa shape index (κ1) is 103. The van der Waals surface area contributed by atoms with Crippen LogP contribution in [0.15, 0.2) is 0 Å². The monoisotopic (exact) mass is 1740 g/mol. The SMILES string of the molecule is COCCOCC1OC2OC3C(COCCOC)OC(OC4C(COCCOC)OC(OC5C(COCCOC)OC(OC6C(COCCOC)OC(OC7C(COCCOC)OC(OC8C(COCCOC)OC(OC1C(OC)C2OC)C(OC)C8OC)C(OC)C7OC)C(OC)C6OC)C(OC)C5OC)C(OC)C4OC)C(OC)C3OC. The van der Waals surface area contributed by atoms with Crippen LogP contribution in [0, 0.1) is 0 Å². The summed E-state index contributed by atoms with van der Waals surface area (Å²) < 4.78 is 273. The van der Waals surface area contributed by atoms with E-state index in [2.05, 4.69) is 0 Å². The van der Waals surface area contributed by atoms with E-state index < -0.39 is 215 Å². The maximum atomic E-state index is 7.24. The van der Waals surface area contributed by atoms with Crippen molar-refractivity contribution < 1.29 is 199 Å². The van der Waals surface area contributed by atoms with Crippen LogP contribution in [0.5, 0.6) is 0 Å². The quantitative estimate of drug-likeness (QED) is 0.0634. The second-order valence-corrected chi connectivity index (χ2v) is 28.8. The molecule has 21 aliphatic heterocycles. The Bertz CT molecular complexity index is 2120. The predicted molar refractivity (Wildman–Crippen MR) is 405 cm³/mol. The highest BCUT2D eigenvalue weighted by atomic mass is 16.8. The average molecular weight is 1740 g/mol. The molecular formula is C77H140O42. The highest BCUT2D eigenvalue weighted by Crippen LogP contribution is 2.43. The largest absolute Gasteiger partial charge is 0.382 e. The zero-order valence-corrected chi connectivity index (χ0v) is 73.2. The third kappa shape index (κ3) is 27.2. The van der Waals surface area contributed by atoms with Gasteiger partial charge in [0.1, 0.15) is 171 Å². The summed E-state index contributed by atoms with van der Waals surface area (Å²) in [6.45, 7) is 1.79. The minimum atomic E-state index is -1.32. The smallest absolute Gasteiger partial charge is 0.187 e. The van der Waals surface area contributed by atoms with Crippen LogP contribution >= 0.6 is 0 Å². The van der Waals surface area contributed by atoms with Crippen molar-refractivity contribution in [2.75, 3.05) is 288 Å². The molecule has 21 heterocycles. The number of ether oxygens (including phenoxy) is 42. The first-order valence-electron chi connectivity index (χ1n) is 40.2. The maximum absolute atomic E-state index is 7.24. The van der Waals surface area contributed by atoms with E-state index in [1.807, 2.05) is 0 Å². The van der Waals surface area contributed by atoms with Crippen LogP contribution < -0.4 is 0 Å². The molecular weight excluding hydrogens is 1600 g/mol. The van der Waals surface area contributed by atoms with Crippen LogP contribution in [0.4, 0.5) is 0 Å². The second-order valence-electron chi connectivity index (χ2n) is 28.8. The van der Waals surface area contributed by atoms with E-state index in [1.54, 1.807) is 49.8 Å². The van der Waals surface area contributed by atoms with Crippen LogP contribution in [0.3, 0.4) is 0 Å². The van der Waals surface area contributed by atoms with Gasteiger partial charge in [0.2, 0.25) is 0 Å². The zero-order chi connectivity index (χ0) is 85.8. The number of methoxy groups -OCH3 is 21. The minimum absolute atomic E-state index is 0.120. The van der Waals surface area contributed by atoms with Crippen LogP contribution in [-0.4, -0.2) is 503 Å². The van der Waals surface area contributed by atoms with E-state index in [1.165, 1.54) is 99.5 Å². The van der Waals surface area contributed by atoms with Gasteiger partial charge in [0, 0.05) is 149 Å². The van der Waals surface area contributed by atoms with Crippen molar-refractivity contribution in [3.05, 3.63) is 0 Å². The van der Waals surface area contributed by atoms with E-state index >= 15 is 0 Å². The third-order valence-electron chi connectivity index (χ3n) is 22.0. The lowest BCUT2D eigenvalue weighted by Crippen LogP contribution is -2.69. The van der Waals surface area contributed by atoms with Gasteiger partial charge in [0.05, 0.1) is 139 Å². The number of hydrogen-bond donors (Lipinski definition) is 0. The van der Waals surface area contributed by atoms with Crippen molar-refractivity contribution in [1.29, 1.82) is 0 Å². The third-order valence-corrected chi connectivity index (χ3v) is 22.0. The molecule has 0 aromatic heterocycles. The molecule has 0 saturated carbocycles. The fourth-order valence-electron chi connectivity index (χ4n) is 16.1. The van der Waals surface area contributed by atoms with Crippen LogP contribution in [-0.2, 0) is 199 Å². The molecule has 35 atom stereocenters. The van der Waals surface area contributed by atoms with Gasteiger partial charge in [-0.1, -0.05) is 0 Å². The minimum Gasteiger partial charge on any atom is -0.382 e. The lowest BCUT2D eigenvalue weighted by molar-refractivity contribution is -0.403. The van der Waals surface area contributed by atoms with Gasteiger partial charge in [0.15, 0.2) is 44.0 Å². The molecule has 21 aliphatic rings. The van der Waals surface area contributed by atoms with Crippen LogP contribution in [0.1, 0.15) is 0 Å². The average Bonchev–Trinajstić information content (AvgIpc) is 0.810. The summed E-state index contributed by atoms with van der Waals surface area (Å²) in [5.41, 5.74) is 0. The standard InChI is InChI=1S/C77H140O42/c1-78-22-29-99-36-43-50-57(85-8)64(92-15)71(106-43)114-51-44(37-100-30-23-79-2)108-73(66(94-17)58(51)86-9)116-53-46(39-102-32-25-81-4)110-75(68(96-19)60(53)88-11)118-55-48(41-104-34-27-83-6)112-77(70(98-21)62(55)90-13)119-56-49(42-105-35-28-84-7)111-76(69(97-20)63(56)91-14)117-54-47(40-103-33-26-82-5)109-74(67(95-18)61(54)89-12)115-52-45(38-101-31-24-80-3)107-72(113-50)65(93-16)59(52)87-10/h43-77H,22-42H2,1-21H3. The van der Waals surface area contributed by atoms with Gasteiger partial charge < -0.3 is 199 Å². The number of hydrogen-bond acceptors (Lipinski definition) is 42. The van der Waals surface area contributed by atoms with Gasteiger partial charge in [0.25, 0.3) is 0 Å². The molecule has 0 radical (unpaired) electrons. The second kappa shape index (κ2) is 55.9. The lowest BCUT2D eigenvalue weighted by Gasteiger charge is -2.52. The Kier molecular flexibility index (Phi) is 48.3. The molecule has 35 unspecified atom stereocenters. The Morgan fingerprint density at radius 2 is 0.244 bits per heavy atom. The maximum Gasteiger partial charge on any atom is 0.187 e. The molecule has 0 spiro atoms. The molecule has 119 heavy (non-hydrogen) atoms. The molecule has 0 aromatic rings. The first-order chi connectivity index (χ1) is 58.2. The summed E-state index contributed by atoms with van der Waals surface area (Å²) in [7, 11) is 31.9. The lowest BCUT2D eigenvalue weighted by atomic mass is 9.94. The molecule has 700 valence electrons. The predicted octanol–water partition coefficient (Wildman–Crippen LogP) is -1.38. The normalized spacial score (nSPS) is 40.1. The zero-order valence-electron chi connectivity index (χ0n) is 73.2. The molecule has 42 nitrogen and oxygen atoms in total. The van der Waals surface area contributed by atoms with Gasteiger partial charge in [-0.25, -0.2) is 0 Å². The summed E-state index contributed by atoms with van der Waals surface area (Å²) in [6.07, 6.45) is -39.5. The van der Waals surface area contributed by atoms with Gasteiger partial charge in [-0.3, -0.25) is 0 Å². The van der Waals surface area contributed by atoms with E-state index in [4.69, 9.17) is 199 Å². The summed E-state index contributed by atoms with van der Waals surface area (Å²) in [5.74, 6) is 0. The Morgan fingerprint density at radius 1 is 0.134 bits per heavy atom. The highest BCUT2D eigenvalue weighted by Gasteiger charge is 2.62. The van der Waals surface area contributed by atoms with Crippen molar-refractivity contribution in [3.8, 4) is 0 Å². The summed E-state index contributed by atoms with van der Waals surface area (Å²) >= 11 is 0. The molecule has 0 aromatic carbocycles. The first-order valence-corrected chi connectivity index (χ1v) is 40.2. The van der Waals surface area contributed by atoms with Gasteiger partial charge in [-0.15, -0.1) is 0 Å². The Hall–Kier alpha value is -1.68. The molecule has 0 aliphatic carbocycles. The van der Waals surface area contributed by atoms with E-state index in [9.17, 15) is 0 Å². The Labute approximate surface area is 699 Å². The van der Waals surface area contributed by atoms with Crippen LogP contribution in [0.25, 0.3) is 0 Å².